The van der Waals surface area contributed by atoms with E-state index in [2.05, 4.69) is 21.7 Å². The lowest BCUT2D eigenvalue weighted by molar-refractivity contribution is -0.111. The van der Waals surface area contributed by atoms with Crippen LogP contribution >= 0.6 is 0 Å². The van der Waals surface area contributed by atoms with Crippen LogP contribution in [0.15, 0.2) is 42.6 Å². The van der Waals surface area contributed by atoms with Crippen molar-refractivity contribution in [2.45, 2.75) is 18.8 Å². The molecular weight excluding hydrogens is 288 g/mol. The Morgan fingerprint density at radius 1 is 1.13 bits per heavy atom. The molecule has 4 rings (SSSR count). The number of nitriles is 1. The Balaban J connectivity index is 1.72. The van der Waals surface area contributed by atoms with Crippen molar-refractivity contribution in [3.63, 3.8) is 0 Å². The van der Waals surface area contributed by atoms with Crippen LogP contribution in [-0.2, 0) is 4.79 Å². The summed E-state index contributed by atoms with van der Waals surface area (Å²) in [4.78, 5) is 16.1. The van der Waals surface area contributed by atoms with E-state index in [-0.39, 0.29) is 5.91 Å². The largest absolute Gasteiger partial charge is 0.353 e. The summed E-state index contributed by atoms with van der Waals surface area (Å²) in [6.45, 7) is 0. The van der Waals surface area contributed by atoms with Crippen molar-refractivity contribution in [1.29, 1.82) is 5.26 Å². The van der Waals surface area contributed by atoms with Crippen LogP contribution in [0.1, 0.15) is 35.6 Å². The first-order valence-electron chi connectivity index (χ1n) is 7.53. The van der Waals surface area contributed by atoms with E-state index in [4.69, 9.17) is 5.26 Å². The highest BCUT2D eigenvalue weighted by Gasteiger charge is 2.25. The van der Waals surface area contributed by atoms with Gasteiger partial charge in [-0.3, -0.25) is 4.79 Å². The predicted octanol–water partition coefficient (Wildman–Crippen LogP) is 3.24. The number of nitrogens with zero attached hydrogens (tertiary/aromatic N) is 2. The lowest BCUT2D eigenvalue weighted by atomic mass is 10.1. The molecule has 0 atom stereocenters. The van der Waals surface area contributed by atoms with E-state index in [1.807, 2.05) is 18.2 Å². The maximum atomic E-state index is 12.2. The highest BCUT2D eigenvalue weighted by molar-refractivity contribution is 6.09. The van der Waals surface area contributed by atoms with Gasteiger partial charge < -0.3 is 10.6 Å². The fourth-order valence-corrected chi connectivity index (χ4v) is 2.74. The summed E-state index contributed by atoms with van der Waals surface area (Å²) in [5, 5.41) is 15.2. The average molecular weight is 302 g/mol. The van der Waals surface area contributed by atoms with Crippen LogP contribution in [0.3, 0.4) is 0 Å². The average Bonchev–Trinajstić information content (AvgIpc) is 3.40. The van der Waals surface area contributed by atoms with Gasteiger partial charge in [0, 0.05) is 17.8 Å². The molecule has 112 valence electrons. The fraction of sp³-hybridized carbons (Fsp3) is 0.167. The molecule has 0 radical (unpaired) electrons. The quantitative estimate of drug-likeness (QED) is 0.892. The molecule has 1 amide bonds. The van der Waals surface area contributed by atoms with Gasteiger partial charge in [-0.1, -0.05) is 6.07 Å². The van der Waals surface area contributed by atoms with Gasteiger partial charge in [-0.05, 0) is 48.6 Å². The lowest BCUT2D eigenvalue weighted by Gasteiger charge is -2.12. The minimum absolute atomic E-state index is 0.186. The second kappa shape index (κ2) is 5.25. The number of hydrogen-bond donors (Lipinski definition) is 2. The number of benzene rings is 1. The summed E-state index contributed by atoms with van der Waals surface area (Å²) in [5.41, 5.74) is 4.64. The summed E-state index contributed by atoms with van der Waals surface area (Å²) in [5.74, 6) is 0.445. The van der Waals surface area contributed by atoms with Crippen molar-refractivity contribution in [1.82, 2.24) is 4.98 Å². The van der Waals surface area contributed by atoms with Crippen molar-refractivity contribution < 1.29 is 4.79 Å². The van der Waals surface area contributed by atoms with Crippen LogP contribution in [0.5, 0.6) is 0 Å². The van der Waals surface area contributed by atoms with Crippen molar-refractivity contribution in [3.05, 3.63) is 59.4 Å². The molecule has 1 aromatic carbocycles. The smallest absolute Gasteiger partial charge is 0.250 e. The van der Waals surface area contributed by atoms with E-state index in [1.165, 1.54) is 24.5 Å². The zero-order valence-corrected chi connectivity index (χ0v) is 12.3. The number of fused-ring (bicyclic) bond motifs is 1. The van der Waals surface area contributed by atoms with Crippen molar-refractivity contribution in [2.24, 2.45) is 0 Å². The highest BCUT2D eigenvalue weighted by Crippen LogP contribution is 2.42. The number of carbonyl (C=O) groups excluding carboxylic acids is 1. The number of anilines is 2. The molecule has 0 saturated heterocycles. The Kier molecular flexibility index (Phi) is 3.09. The molecule has 1 fully saturated rings. The molecule has 0 unspecified atom stereocenters. The maximum Gasteiger partial charge on any atom is 0.250 e. The first-order chi connectivity index (χ1) is 11.2. The van der Waals surface area contributed by atoms with Crippen molar-refractivity contribution >= 4 is 23.0 Å². The van der Waals surface area contributed by atoms with Crippen LogP contribution < -0.4 is 10.6 Å². The first kappa shape index (κ1) is 13.5. The number of rotatable bonds is 2. The zero-order valence-electron chi connectivity index (χ0n) is 12.3. The van der Waals surface area contributed by atoms with E-state index in [1.54, 1.807) is 18.3 Å². The molecule has 5 heteroatoms. The van der Waals surface area contributed by atoms with E-state index >= 15 is 0 Å². The van der Waals surface area contributed by atoms with Crippen LogP contribution in [-0.4, -0.2) is 10.9 Å². The van der Waals surface area contributed by atoms with Crippen molar-refractivity contribution in [2.75, 3.05) is 10.6 Å². The number of carbonyl (C=O) groups is 1. The molecule has 5 nitrogen and oxygen atoms in total. The summed E-state index contributed by atoms with van der Waals surface area (Å²) < 4.78 is 0. The molecule has 1 aliphatic heterocycles. The molecule has 0 spiro atoms. The Morgan fingerprint density at radius 3 is 2.78 bits per heavy atom. The van der Waals surface area contributed by atoms with Gasteiger partial charge in [-0.15, -0.1) is 0 Å². The second-order valence-corrected chi connectivity index (χ2v) is 5.79. The Bertz CT molecular complexity index is 875. The topological polar surface area (TPSA) is 77.8 Å². The summed E-state index contributed by atoms with van der Waals surface area (Å²) in [6, 6.07) is 11.6. The van der Waals surface area contributed by atoms with Gasteiger partial charge in [-0.2, -0.15) is 5.26 Å². The van der Waals surface area contributed by atoms with Crippen LogP contribution in [0, 0.1) is 11.3 Å². The third-order valence-electron chi connectivity index (χ3n) is 4.08. The van der Waals surface area contributed by atoms with Gasteiger partial charge in [0.15, 0.2) is 0 Å². The Hall–Kier alpha value is -3.13. The molecule has 2 aromatic rings. The first-order valence-corrected chi connectivity index (χ1v) is 7.53. The second-order valence-electron chi connectivity index (χ2n) is 5.79. The highest BCUT2D eigenvalue weighted by atomic mass is 16.1. The minimum Gasteiger partial charge on any atom is -0.353 e. The predicted molar refractivity (Wildman–Crippen MR) is 87.6 cm³/mol. The molecular formula is C18H14N4O. The van der Waals surface area contributed by atoms with Crippen molar-refractivity contribution in [3.8, 4) is 6.07 Å². The van der Waals surface area contributed by atoms with Crippen LogP contribution in [0.2, 0.25) is 0 Å². The SMILES string of the molecule is N#Cc1cc(C2=CC(=O)Nc3cc(C4CC4)ccc3N2)ccn1. The number of amides is 1. The number of pyridine rings is 1. The molecule has 1 aromatic heterocycles. The van der Waals surface area contributed by atoms with E-state index < -0.39 is 0 Å². The molecule has 1 aliphatic carbocycles. The van der Waals surface area contributed by atoms with Gasteiger partial charge in [0.2, 0.25) is 0 Å². The van der Waals surface area contributed by atoms with Gasteiger partial charge in [-0.25, -0.2) is 4.98 Å². The third-order valence-corrected chi connectivity index (χ3v) is 4.08. The molecule has 23 heavy (non-hydrogen) atoms. The summed E-state index contributed by atoms with van der Waals surface area (Å²) in [7, 11) is 0. The number of nitrogens with one attached hydrogen (secondary N) is 2. The molecule has 2 N–H and O–H groups in total. The number of hydrogen-bond acceptors (Lipinski definition) is 4. The van der Waals surface area contributed by atoms with Gasteiger partial charge in [0.25, 0.3) is 5.91 Å². The fourth-order valence-electron chi connectivity index (χ4n) is 2.74. The Labute approximate surface area is 133 Å². The molecule has 0 bridgehead atoms. The summed E-state index contributed by atoms with van der Waals surface area (Å²) in [6.07, 6.45) is 5.51. The third kappa shape index (κ3) is 2.67. The molecule has 2 aliphatic rings. The maximum absolute atomic E-state index is 12.2. The number of aromatic nitrogens is 1. The standard InChI is InChI=1S/C18H14N4O/c19-10-14-7-13(5-6-20-14)16-9-18(23)22-17-8-12(11-1-2-11)3-4-15(17)21-16/h3-9,11,21H,1-2H2,(H,22,23). The van der Waals surface area contributed by atoms with Crippen LogP contribution in [0.4, 0.5) is 11.4 Å². The molecule has 1 saturated carbocycles. The molecule has 2 heterocycles. The lowest BCUT2D eigenvalue weighted by Crippen LogP contribution is -2.07. The summed E-state index contributed by atoms with van der Waals surface area (Å²) >= 11 is 0. The van der Waals surface area contributed by atoms with E-state index in [0.717, 1.165) is 16.9 Å². The minimum atomic E-state index is -0.186. The Morgan fingerprint density at radius 2 is 2.00 bits per heavy atom. The zero-order chi connectivity index (χ0) is 15.8. The van der Waals surface area contributed by atoms with E-state index in [9.17, 15) is 4.79 Å². The van der Waals surface area contributed by atoms with Crippen LogP contribution in [0.25, 0.3) is 5.70 Å². The van der Waals surface area contributed by atoms with Gasteiger partial charge in [0.1, 0.15) is 11.8 Å². The normalized spacial score (nSPS) is 16.3. The monoisotopic (exact) mass is 302 g/mol. The van der Waals surface area contributed by atoms with Gasteiger partial charge in [0.05, 0.1) is 17.1 Å². The van der Waals surface area contributed by atoms with Gasteiger partial charge >= 0.3 is 0 Å². The van der Waals surface area contributed by atoms with E-state index in [0.29, 0.717) is 17.3 Å².